The molecule has 0 aliphatic rings. The molecule has 0 aliphatic heterocycles. The second-order valence-electron chi connectivity index (χ2n) is 4.62. The van der Waals surface area contributed by atoms with Crippen LogP contribution in [0.1, 0.15) is 6.92 Å². The molecule has 21 heavy (non-hydrogen) atoms. The van der Waals surface area contributed by atoms with Gasteiger partial charge in [-0.05, 0) is 24.3 Å². The molecule has 0 radical (unpaired) electrons. The maximum Gasteiger partial charge on any atom is 0.321 e. The molecule has 0 saturated carbocycles. The summed E-state index contributed by atoms with van der Waals surface area (Å²) >= 11 is 0. The number of sulfonamides is 1. The number of carboxylic acids is 1. The molecule has 1 unspecified atom stereocenters. The lowest BCUT2D eigenvalue weighted by atomic mass is 10.2. The van der Waals surface area contributed by atoms with E-state index in [9.17, 15) is 18.0 Å². The van der Waals surface area contributed by atoms with E-state index in [1.54, 1.807) is 0 Å². The highest BCUT2D eigenvalue weighted by atomic mass is 32.2. The van der Waals surface area contributed by atoms with Crippen molar-refractivity contribution in [2.45, 2.75) is 11.8 Å². The second kappa shape index (κ2) is 6.55. The molecule has 1 aromatic rings. The summed E-state index contributed by atoms with van der Waals surface area (Å²) in [5, 5.41) is 16.3. The standard InChI is InChI=1S/C12H17N3O5S/c1-8(11(16)17)7-15(2)12(18)14-9-3-5-10(6-4-9)21(13,19)20/h3-6,8H,7H2,1-2H3,(H,14,18)(H,16,17)(H2,13,19,20). The molecule has 0 spiro atoms. The van der Waals surface area contributed by atoms with Gasteiger partial charge in [-0.1, -0.05) is 6.92 Å². The number of aliphatic carboxylic acids is 1. The number of primary sulfonamides is 1. The van der Waals surface area contributed by atoms with Gasteiger partial charge in [0.2, 0.25) is 10.0 Å². The highest BCUT2D eigenvalue weighted by Gasteiger charge is 2.17. The van der Waals surface area contributed by atoms with Crippen LogP contribution in [0.15, 0.2) is 29.2 Å². The third-order valence-corrected chi connectivity index (χ3v) is 3.68. The molecule has 0 aromatic heterocycles. The highest BCUT2D eigenvalue weighted by Crippen LogP contribution is 2.13. The van der Waals surface area contributed by atoms with E-state index in [2.05, 4.69) is 5.32 Å². The van der Waals surface area contributed by atoms with E-state index in [1.165, 1.54) is 43.1 Å². The second-order valence-corrected chi connectivity index (χ2v) is 6.18. The SMILES string of the molecule is CC(CN(C)C(=O)Nc1ccc(S(N)(=O)=O)cc1)C(=O)O. The number of carbonyl (C=O) groups is 2. The number of carbonyl (C=O) groups excluding carboxylic acids is 1. The maximum absolute atomic E-state index is 11.8. The van der Waals surface area contributed by atoms with Crippen LogP contribution in [0.3, 0.4) is 0 Å². The van der Waals surface area contributed by atoms with E-state index in [4.69, 9.17) is 10.2 Å². The first kappa shape index (κ1) is 16.9. The van der Waals surface area contributed by atoms with Gasteiger partial charge in [-0.15, -0.1) is 0 Å². The van der Waals surface area contributed by atoms with Crippen LogP contribution in [-0.4, -0.2) is 44.0 Å². The van der Waals surface area contributed by atoms with Gasteiger partial charge in [0.1, 0.15) is 0 Å². The molecule has 0 bridgehead atoms. The lowest BCUT2D eigenvalue weighted by Crippen LogP contribution is -2.36. The summed E-state index contributed by atoms with van der Waals surface area (Å²) in [6, 6.07) is 4.83. The van der Waals surface area contributed by atoms with E-state index >= 15 is 0 Å². The number of benzene rings is 1. The molecule has 4 N–H and O–H groups in total. The van der Waals surface area contributed by atoms with Crippen molar-refractivity contribution in [3.63, 3.8) is 0 Å². The van der Waals surface area contributed by atoms with Crippen LogP contribution in [0.4, 0.5) is 10.5 Å². The van der Waals surface area contributed by atoms with Gasteiger partial charge < -0.3 is 15.3 Å². The summed E-state index contributed by atoms with van der Waals surface area (Å²) in [4.78, 5) is 23.7. The first-order chi connectivity index (χ1) is 9.61. The van der Waals surface area contributed by atoms with Gasteiger partial charge >= 0.3 is 12.0 Å². The smallest absolute Gasteiger partial charge is 0.321 e. The Bertz CT molecular complexity index is 627. The molecule has 1 rings (SSSR count). The Balaban J connectivity index is 2.69. The molecular formula is C12H17N3O5S. The number of hydrogen-bond donors (Lipinski definition) is 3. The minimum atomic E-state index is -3.78. The number of amides is 2. The molecule has 1 atom stereocenters. The van der Waals surface area contributed by atoms with Gasteiger partial charge in [-0.25, -0.2) is 18.4 Å². The number of nitrogens with zero attached hydrogens (tertiary/aromatic N) is 1. The fraction of sp³-hybridized carbons (Fsp3) is 0.333. The van der Waals surface area contributed by atoms with Gasteiger partial charge in [0.25, 0.3) is 0 Å². The molecule has 116 valence electrons. The van der Waals surface area contributed by atoms with Crippen molar-refractivity contribution in [1.82, 2.24) is 4.90 Å². The van der Waals surface area contributed by atoms with E-state index in [-0.39, 0.29) is 11.4 Å². The zero-order valence-electron chi connectivity index (χ0n) is 11.6. The predicted molar refractivity (Wildman–Crippen MR) is 76.3 cm³/mol. The first-order valence-corrected chi connectivity index (χ1v) is 7.53. The Labute approximate surface area is 122 Å². The Morgan fingerprint density at radius 2 is 1.86 bits per heavy atom. The number of anilines is 1. The number of nitrogens with one attached hydrogen (secondary N) is 1. The number of nitrogens with two attached hydrogens (primary N) is 1. The summed E-state index contributed by atoms with van der Waals surface area (Å²) < 4.78 is 22.2. The van der Waals surface area contributed by atoms with E-state index in [0.717, 1.165) is 0 Å². The summed E-state index contributed by atoms with van der Waals surface area (Å²) in [5.74, 6) is -1.68. The number of urea groups is 1. The quantitative estimate of drug-likeness (QED) is 0.729. The van der Waals surface area contributed by atoms with Crippen LogP contribution < -0.4 is 10.5 Å². The van der Waals surface area contributed by atoms with Crippen LogP contribution in [0.25, 0.3) is 0 Å². The Kier molecular flexibility index (Phi) is 5.28. The fourth-order valence-electron chi connectivity index (χ4n) is 1.52. The van der Waals surface area contributed by atoms with Crippen LogP contribution >= 0.6 is 0 Å². The molecule has 0 saturated heterocycles. The Morgan fingerprint density at radius 3 is 2.29 bits per heavy atom. The summed E-state index contributed by atoms with van der Waals surface area (Å²) in [6.45, 7) is 1.55. The molecule has 9 heteroatoms. The average Bonchev–Trinajstić information content (AvgIpc) is 2.37. The van der Waals surface area contributed by atoms with Crippen molar-refractivity contribution in [3.8, 4) is 0 Å². The van der Waals surface area contributed by atoms with Crippen molar-refractivity contribution in [2.24, 2.45) is 11.1 Å². The molecular weight excluding hydrogens is 298 g/mol. The van der Waals surface area contributed by atoms with Crippen molar-refractivity contribution >= 4 is 27.7 Å². The van der Waals surface area contributed by atoms with E-state index < -0.39 is 27.9 Å². The Morgan fingerprint density at radius 1 is 1.33 bits per heavy atom. The number of hydrogen-bond acceptors (Lipinski definition) is 4. The zero-order chi connectivity index (χ0) is 16.2. The van der Waals surface area contributed by atoms with Crippen LogP contribution in [0.2, 0.25) is 0 Å². The molecule has 0 fully saturated rings. The van der Waals surface area contributed by atoms with Crippen LogP contribution in [0, 0.1) is 5.92 Å². The minimum absolute atomic E-state index is 0.0520. The zero-order valence-corrected chi connectivity index (χ0v) is 12.4. The topological polar surface area (TPSA) is 130 Å². The third kappa shape index (κ3) is 5.04. The van der Waals surface area contributed by atoms with Crippen LogP contribution in [0.5, 0.6) is 0 Å². The predicted octanol–water partition coefficient (Wildman–Crippen LogP) is 0.518. The van der Waals surface area contributed by atoms with Crippen LogP contribution in [-0.2, 0) is 14.8 Å². The molecule has 8 nitrogen and oxygen atoms in total. The van der Waals surface area contributed by atoms with Crippen molar-refractivity contribution in [3.05, 3.63) is 24.3 Å². The minimum Gasteiger partial charge on any atom is -0.481 e. The van der Waals surface area contributed by atoms with Crippen molar-refractivity contribution in [1.29, 1.82) is 0 Å². The summed E-state index contributed by atoms with van der Waals surface area (Å²) in [5.41, 5.74) is 0.377. The van der Waals surface area contributed by atoms with E-state index in [1.807, 2.05) is 0 Å². The largest absolute Gasteiger partial charge is 0.481 e. The van der Waals surface area contributed by atoms with E-state index in [0.29, 0.717) is 5.69 Å². The Hall–Kier alpha value is -2.13. The lowest BCUT2D eigenvalue weighted by molar-refractivity contribution is -0.141. The highest BCUT2D eigenvalue weighted by molar-refractivity contribution is 7.89. The van der Waals surface area contributed by atoms with Gasteiger partial charge in [-0.2, -0.15) is 0 Å². The molecule has 2 amide bonds. The van der Waals surface area contributed by atoms with Crippen molar-refractivity contribution < 1.29 is 23.1 Å². The first-order valence-electron chi connectivity index (χ1n) is 5.99. The number of carboxylic acid groups (broad SMARTS) is 1. The third-order valence-electron chi connectivity index (χ3n) is 2.75. The van der Waals surface area contributed by atoms with Gasteiger partial charge in [-0.3, -0.25) is 4.79 Å². The van der Waals surface area contributed by atoms with Crippen molar-refractivity contribution in [2.75, 3.05) is 18.9 Å². The molecule has 0 aliphatic carbocycles. The normalized spacial score (nSPS) is 12.5. The molecule has 0 heterocycles. The monoisotopic (exact) mass is 315 g/mol. The van der Waals surface area contributed by atoms with Gasteiger partial charge in [0.05, 0.1) is 10.8 Å². The lowest BCUT2D eigenvalue weighted by Gasteiger charge is -2.20. The average molecular weight is 315 g/mol. The van der Waals surface area contributed by atoms with Gasteiger partial charge in [0.15, 0.2) is 0 Å². The summed E-state index contributed by atoms with van der Waals surface area (Å²) in [7, 11) is -2.31. The maximum atomic E-state index is 11.8. The molecule has 1 aromatic carbocycles. The van der Waals surface area contributed by atoms with Gasteiger partial charge in [0, 0.05) is 19.3 Å². The fourth-order valence-corrected chi connectivity index (χ4v) is 2.03. The summed E-state index contributed by atoms with van der Waals surface area (Å²) in [6.07, 6.45) is 0. The number of rotatable bonds is 5.